The number of anilines is 1. The first kappa shape index (κ1) is 28.2. The number of pyridine rings is 1. The van der Waals surface area contributed by atoms with Gasteiger partial charge in [-0.15, -0.1) is 5.06 Å². The average molecular weight is 570 g/mol. The van der Waals surface area contributed by atoms with E-state index in [2.05, 4.69) is 0 Å². The molecule has 1 saturated heterocycles. The Bertz CT molecular complexity index is 1740. The molecule has 1 aliphatic rings. The van der Waals surface area contributed by atoms with Crippen LogP contribution in [0.5, 0.6) is 5.75 Å². The molecule has 0 atom stereocenters. The van der Waals surface area contributed by atoms with E-state index in [1.165, 1.54) is 6.07 Å². The maximum Gasteiger partial charge on any atom is 0.366 e. The fourth-order valence-electron chi connectivity index (χ4n) is 5.20. The van der Waals surface area contributed by atoms with E-state index in [-0.39, 0.29) is 36.3 Å². The number of rotatable bonds is 8. The molecule has 1 aromatic heterocycles. The van der Waals surface area contributed by atoms with Crippen molar-refractivity contribution in [1.82, 2.24) is 5.06 Å². The van der Waals surface area contributed by atoms with E-state index in [1.54, 1.807) is 38.1 Å². The van der Waals surface area contributed by atoms with Crippen LogP contribution < -0.4 is 20.1 Å². The number of carbonyl (C=O) groups excluding carboxylic acids is 5. The molecular weight excluding hydrogens is 542 g/mol. The van der Waals surface area contributed by atoms with Crippen LogP contribution >= 0.6 is 0 Å². The number of aromatic nitrogens is 1. The van der Waals surface area contributed by atoms with Crippen molar-refractivity contribution in [2.24, 2.45) is 0 Å². The fraction of sp³-hybridized carbons (Fsp3) is 0.226. The summed E-state index contributed by atoms with van der Waals surface area (Å²) in [5.41, 5.74) is 8.60. The number of nitrogens with two attached hydrogens (primary N) is 1. The normalized spacial score (nSPS) is 13.1. The second-order valence-corrected chi connectivity index (χ2v) is 10.00. The summed E-state index contributed by atoms with van der Waals surface area (Å²) in [4.78, 5) is 66.5. The molecule has 5 rings (SSSR count). The molecule has 42 heavy (non-hydrogen) atoms. The van der Waals surface area contributed by atoms with Gasteiger partial charge >= 0.3 is 11.9 Å². The molecule has 214 valence electrons. The van der Waals surface area contributed by atoms with Crippen LogP contribution in [0.4, 0.5) is 5.69 Å². The Hall–Kier alpha value is -5.32. The van der Waals surface area contributed by atoms with Gasteiger partial charge in [-0.1, -0.05) is 24.3 Å². The number of carboxylic acid groups (broad SMARTS) is 1. The summed E-state index contributed by atoms with van der Waals surface area (Å²) in [5.74, 6) is -3.85. The highest BCUT2D eigenvalue weighted by Gasteiger charge is 2.34. The third-order valence-corrected chi connectivity index (χ3v) is 7.24. The monoisotopic (exact) mass is 569 g/mol. The van der Waals surface area contributed by atoms with Gasteiger partial charge in [-0.2, -0.15) is 4.57 Å². The van der Waals surface area contributed by atoms with Crippen LogP contribution in [0.2, 0.25) is 0 Å². The van der Waals surface area contributed by atoms with Crippen LogP contribution in [-0.2, 0) is 25.8 Å². The number of aliphatic carboxylic acids is 1. The number of fused-ring (bicyclic) bond motifs is 2. The molecule has 2 heterocycles. The largest absolute Gasteiger partial charge is 0.550 e. The minimum atomic E-state index is -1.13. The number of carbonyl (C=O) groups is 5. The van der Waals surface area contributed by atoms with Gasteiger partial charge in [-0.3, -0.25) is 9.59 Å². The summed E-state index contributed by atoms with van der Waals surface area (Å²) >= 11 is 0. The number of carboxylic acids is 1. The van der Waals surface area contributed by atoms with Crippen molar-refractivity contribution in [1.29, 1.82) is 0 Å². The quantitative estimate of drug-likeness (QED) is 0.0839. The molecule has 2 amide bonds. The number of ether oxygens (including phenoxy) is 1. The fourth-order valence-corrected chi connectivity index (χ4v) is 5.20. The summed E-state index contributed by atoms with van der Waals surface area (Å²) in [5, 5.41) is 12.7. The summed E-state index contributed by atoms with van der Waals surface area (Å²) in [6, 6.07) is 15.9. The van der Waals surface area contributed by atoms with Gasteiger partial charge in [0.05, 0.1) is 27.6 Å². The summed E-state index contributed by atoms with van der Waals surface area (Å²) < 4.78 is 7.90. The minimum absolute atomic E-state index is 0.0268. The molecule has 4 aromatic rings. The Morgan fingerprint density at radius 3 is 2.07 bits per heavy atom. The number of para-hydroxylation sites is 2. The number of hydrogen-bond acceptors (Lipinski definition) is 9. The van der Waals surface area contributed by atoms with Gasteiger partial charge in [-0.25, -0.2) is 9.59 Å². The lowest BCUT2D eigenvalue weighted by Crippen LogP contribution is -2.37. The molecular formula is C31H27N3O8. The van der Waals surface area contributed by atoms with Crippen LogP contribution in [-0.4, -0.2) is 34.8 Å². The van der Waals surface area contributed by atoms with Crippen molar-refractivity contribution in [3.8, 4) is 5.75 Å². The number of hydroxylamine groups is 2. The topological polar surface area (TPSA) is 160 Å². The first-order valence-corrected chi connectivity index (χ1v) is 13.3. The lowest BCUT2D eigenvalue weighted by molar-refractivity contribution is -0.645. The summed E-state index contributed by atoms with van der Waals surface area (Å²) in [6.07, 6.45) is 0.152. The molecule has 1 aliphatic heterocycles. The molecule has 0 saturated carbocycles. The number of hydrogen-bond donors (Lipinski definition) is 1. The zero-order valence-electron chi connectivity index (χ0n) is 23.0. The summed E-state index contributed by atoms with van der Waals surface area (Å²) in [7, 11) is 0. The Balaban J connectivity index is 1.52. The van der Waals surface area contributed by atoms with Crippen molar-refractivity contribution in [3.05, 3.63) is 76.9 Å². The molecule has 0 unspecified atom stereocenters. The van der Waals surface area contributed by atoms with Gasteiger partial charge in [0.1, 0.15) is 12.3 Å². The molecule has 11 nitrogen and oxygen atoms in total. The van der Waals surface area contributed by atoms with Crippen LogP contribution in [0, 0.1) is 13.8 Å². The predicted octanol–water partition coefficient (Wildman–Crippen LogP) is 2.45. The van der Waals surface area contributed by atoms with Crippen LogP contribution in [0.3, 0.4) is 0 Å². The number of nitrogens with zero attached hydrogens (tertiary/aromatic N) is 2. The third kappa shape index (κ3) is 5.12. The molecule has 0 bridgehead atoms. The first-order valence-electron chi connectivity index (χ1n) is 13.3. The van der Waals surface area contributed by atoms with Crippen LogP contribution in [0.25, 0.3) is 21.8 Å². The molecule has 1 fully saturated rings. The first-order chi connectivity index (χ1) is 20.1. The van der Waals surface area contributed by atoms with E-state index in [4.69, 9.17) is 15.3 Å². The van der Waals surface area contributed by atoms with E-state index in [0.717, 1.165) is 11.0 Å². The van der Waals surface area contributed by atoms with Crippen LogP contribution in [0.15, 0.2) is 54.6 Å². The summed E-state index contributed by atoms with van der Waals surface area (Å²) in [6.45, 7) is 3.61. The number of aryl methyl sites for hydroxylation is 2. The van der Waals surface area contributed by atoms with Crippen molar-refractivity contribution >= 4 is 57.2 Å². The van der Waals surface area contributed by atoms with E-state index in [9.17, 15) is 29.1 Å². The predicted molar refractivity (Wildman–Crippen MR) is 148 cm³/mol. The molecule has 3 aromatic carbocycles. The highest BCUT2D eigenvalue weighted by atomic mass is 16.7. The van der Waals surface area contributed by atoms with E-state index >= 15 is 0 Å². The maximum atomic E-state index is 13.9. The smallest absolute Gasteiger partial charge is 0.366 e. The highest BCUT2D eigenvalue weighted by molar-refractivity contribution is 6.13. The molecule has 2 N–H and O–H groups in total. The third-order valence-electron chi connectivity index (χ3n) is 7.24. The molecule has 0 aliphatic carbocycles. The number of nitrogen functional groups attached to an aromatic ring is 1. The van der Waals surface area contributed by atoms with Gasteiger partial charge < -0.3 is 25.2 Å². The number of benzene rings is 3. The zero-order valence-corrected chi connectivity index (χ0v) is 23.0. The standard InChI is InChI=1S/C31H27N3O8/c1-17-16-21(30(39)42-34-24(35)13-14-25(34)36)28(32)18(2)29(17)41-31(40)27-19-8-3-5-10-22(19)33(15-7-12-26(37)38)23-11-6-4-9-20(23)27/h3-6,8-11,16H,7,12-15H2,1-2H3,(H2-,32,37,38,39). The Labute approximate surface area is 240 Å². The number of esters is 1. The van der Waals surface area contributed by atoms with E-state index in [0.29, 0.717) is 45.5 Å². The van der Waals surface area contributed by atoms with Gasteiger partial charge in [0, 0.05) is 42.9 Å². The maximum absolute atomic E-state index is 13.9. The average Bonchev–Trinajstić information content (AvgIpc) is 3.28. The Morgan fingerprint density at radius 1 is 0.929 bits per heavy atom. The lowest BCUT2D eigenvalue weighted by atomic mass is 10.0. The number of imide groups is 1. The van der Waals surface area contributed by atoms with E-state index < -0.39 is 29.7 Å². The number of amides is 2. The Morgan fingerprint density at radius 2 is 1.50 bits per heavy atom. The van der Waals surface area contributed by atoms with Gasteiger partial charge in [0.2, 0.25) is 11.0 Å². The minimum Gasteiger partial charge on any atom is -0.550 e. The van der Waals surface area contributed by atoms with Crippen molar-refractivity contribution in [2.75, 3.05) is 5.73 Å². The van der Waals surface area contributed by atoms with Crippen molar-refractivity contribution in [3.63, 3.8) is 0 Å². The highest BCUT2D eigenvalue weighted by Crippen LogP contribution is 2.34. The zero-order chi connectivity index (χ0) is 30.1. The molecule has 11 heteroatoms. The van der Waals surface area contributed by atoms with Gasteiger partial charge in [0.25, 0.3) is 11.8 Å². The van der Waals surface area contributed by atoms with Crippen molar-refractivity contribution in [2.45, 2.75) is 46.1 Å². The van der Waals surface area contributed by atoms with Gasteiger partial charge in [-0.05, 0) is 44.0 Å². The van der Waals surface area contributed by atoms with Crippen LogP contribution in [0.1, 0.15) is 57.5 Å². The second-order valence-electron chi connectivity index (χ2n) is 10.00. The molecule has 0 spiro atoms. The molecule has 0 radical (unpaired) electrons. The lowest BCUT2D eigenvalue weighted by Gasteiger charge is -2.18. The second kappa shape index (κ2) is 11.3. The Kier molecular flexibility index (Phi) is 7.58. The van der Waals surface area contributed by atoms with E-state index in [1.807, 2.05) is 28.8 Å². The van der Waals surface area contributed by atoms with Gasteiger partial charge in [0.15, 0.2) is 0 Å². The SMILES string of the molecule is Cc1cc(C(=O)ON2C(=O)CCC2=O)c(N)c(C)c1OC(=O)c1c2ccccc2[n+](CCCC(=O)[O-])c2ccccc12. The van der Waals surface area contributed by atoms with Crippen molar-refractivity contribution < 1.29 is 43.2 Å².